The molecule has 2 rings (SSSR count). The third kappa shape index (κ3) is 2.20. The maximum atomic E-state index is 11.3. The number of carbonyl (C=O) groups is 1. The number of rotatable bonds is 2. The lowest BCUT2D eigenvalue weighted by Crippen LogP contribution is -2.30. The molecule has 0 heterocycles. The molecule has 0 radical (unpaired) electrons. The number of hydrogen-bond donors (Lipinski definition) is 0. The lowest BCUT2D eigenvalue weighted by Gasteiger charge is -2.33. The van der Waals surface area contributed by atoms with Crippen molar-refractivity contribution in [2.24, 2.45) is 4.99 Å². The Kier molecular flexibility index (Phi) is 3.21. The van der Waals surface area contributed by atoms with Crippen molar-refractivity contribution in [3.05, 3.63) is 35.4 Å². The van der Waals surface area contributed by atoms with Crippen LogP contribution in [-0.2, 0) is 15.1 Å². The highest BCUT2D eigenvalue weighted by Gasteiger charge is 2.37. The second-order valence-corrected chi connectivity index (χ2v) is 4.59. The number of carbonyl (C=O) groups excluding carboxylic acids is 2. The van der Waals surface area contributed by atoms with E-state index in [-0.39, 0.29) is 5.78 Å². The van der Waals surface area contributed by atoms with E-state index in [0.717, 1.165) is 11.1 Å². The van der Waals surface area contributed by atoms with Crippen LogP contribution in [0.4, 0.5) is 0 Å². The largest absolute Gasteiger partial charge is 0.300 e. The van der Waals surface area contributed by atoms with Crippen LogP contribution < -0.4 is 0 Å². The highest BCUT2D eigenvalue weighted by atomic mass is 16.1. The van der Waals surface area contributed by atoms with Gasteiger partial charge in [0.1, 0.15) is 5.78 Å². The molecule has 0 unspecified atom stereocenters. The molecular formula is C14H15NO2. The van der Waals surface area contributed by atoms with Crippen molar-refractivity contribution in [3.8, 4) is 0 Å². The van der Waals surface area contributed by atoms with Crippen LogP contribution >= 0.6 is 0 Å². The topological polar surface area (TPSA) is 46.5 Å². The van der Waals surface area contributed by atoms with Gasteiger partial charge in [-0.1, -0.05) is 24.3 Å². The Morgan fingerprint density at radius 1 is 1.24 bits per heavy atom. The molecule has 0 N–H and O–H groups in total. The molecule has 0 aliphatic heterocycles. The zero-order valence-corrected chi connectivity index (χ0v) is 9.90. The average molecular weight is 229 g/mol. The minimum absolute atomic E-state index is 0.260. The molecule has 0 saturated heterocycles. The standard InChI is InChI=1S/C14H15NO2/c1-11-4-2-3-5-13(11)14(15-10-16)8-6-12(17)7-9-14/h2-5H,6-9H2,1H3. The number of hydrogen-bond acceptors (Lipinski definition) is 3. The summed E-state index contributed by atoms with van der Waals surface area (Å²) in [5, 5.41) is 0. The molecule has 1 aromatic rings. The van der Waals surface area contributed by atoms with Crippen molar-refractivity contribution >= 4 is 11.9 Å². The quantitative estimate of drug-likeness (QED) is 0.578. The lowest BCUT2D eigenvalue weighted by molar-refractivity contribution is -0.121. The average Bonchev–Trinajstić information content (AvgIpc) is 2.33. The fraction of sp³-hybridized carbons (Fsp3) is 0.429. The molecule has 0 amide bonds. The monoisotopic (exact) mass is 229 g/mol. The lowest BCUT2D eigenvalue weighted by atomic mass is 9.75. The van der Waals surface area contributed by atoms with Crippen LogP contribution in [-0.4, -0.2) is 11.9 Å². The molecule has 0 spiro atoms. The summed E-state index contributed by atoms with van der Waals surface area (Å²) in [6, 6.07) is 7.91. The summed E-state index contributed by atoms with van der Waals surface area (Å²) >= 11 is 0. The SMILES string of the molecule is Cc1ccccc1C1(N=C=O)CCC(=O)CC1. The van der Waals surface area contributed by atoms with E-state index >= 15 is 0 Å². The minimum atomic E-state index is -0.527. The van der Waals surface area contributed by atoms with Gasteiger partial charge in [-0.3, -0.25) is 4.79 Å². The smallest absolute Gasteiger partial charge is 0.235 e. The molecular weight excluding hydrogens is 214 g/mol. The minimum Gasteiger partial charge on any atom is -0.300 e. The van der Waals surface area contributed by atoms with Gasteiger partial charge in [0.15, 0.2) is 0 Å². The first-order valence-electron chi connectivity index (χ1n) is 5.85. The summed E-state index contributed by atoms with van der Waals surface area (Å²) in [6.07, 6.45) is 3.92. The molecule has 0 bridgehead atoms. The second-order valence-electron chi connectivity index (χ2n) is 4.59. The molecule has 1 saturated carbocycles. The van der Waals surface area contributed by atoms with Gasteiger partial charge >= 0.3 is 0 Å². The Labute approximate surface area is 101 Å². The molecule has 0 aromatic heterocycles. The zero-order chi connectivity index (χ0) is 12.3. The maximum absolute atomic E-state index is 11.3. The van der Waals surface area contributed by atoms with Crippen LogP contribution in [0.5, 0.6) is 0 Å². The van der Waals surface area contributed by atoms with Gasteiger partial charge in [0.05, 0.1) is 5.54 Å². The molecule has 1 aromatic carbocycles. The van der Waals surface area contributed by atoms with E-state index in [9.17, 15) is 9.59 Å². The van der Waals surface area contributed by atoms with E-state index < -0.39 is 5.54 Å². The van der Waals surface area contributed by atoms with Crippen LogP contribution in [0.3, 0.4) is 0 Å². The fourth-order valence-corrected chi connectivity index (χ4v) is 2.57. The van der Waals surface area contributed by atoms with Crippen LogP contribution in [0.25, 0.3) is 0 Å². The Bertz CT molecular complexity index is 477. The van der Waals surface area contributed by atoms with Gasteiger partial charge in [-0.15, -0.1) is 0 Å². The number of aliphatic imine (C=N–C) groups is 1. The van der Waals surface area contributed by atoms with Crippen LogP contribution in [0.15, 0.2) is 29.3 Å². The van der Waals surface area contributed by atoms with E-state index in [4.69, 9.17) is 0 Å². The van der Waals surface area contributed by atoms with Crippen molar-refractivity contribution in [3.63, 3.8) is 0 Å². The van der Waals surface area contributed by atoms with Crippen molar-refractivity contribution in [2.45, 2.75) is 38.1 Å². The normalized spacial score (nSPS) is 18.5. The third-order valence-corrected chi connectivity index (χ3v) is 3.54. The van der Waals surface area contributed by atoms with E-state index in [1.165, 1.54) is 0 Å². The van der Waals surface area contributed by atoms with Crippen molar-refractivity contribution in [2.75, 3.05) is 0 Å². The Hall–Kier alpha value is -1.73. The zero-order valence-electron chi connectivity index (χ0n) is 9.90. The van der Waals surface area contributed by atoms with Crippen LogP contribution in [0.2, 0.25) is 0 Å². The van der Waals surface area contributed by atoms with Crippen molar-refractivity contribution < 1.29 is 9.59 Å². The summed E-state index contributed by atoms with van der Waals surface area (Å²) in [4.78, 5) is 26.0. The van der Waals surface area contributed by atoms with Crippen LogP contribution in [0.1, 0.15) is 36.8 Å². The summed E-state index contributed by atoms with van der Waals surface area (Å²) in [5.41, 5.74) is 1.64. The van der Waals surface area contributed by atoms with Crippen molar-refractivity contribution in [1.29, 1.82) is 0 Å². The molecule has 1 fully saturated rings. The molecule has 17 heavy (non-hydrogen) atoms. The number of ketones is 1. The van der Waals surface area contributed by atoms with Gasteiger partial charge in [0, 0.05) is 12.8 Å². The summed E-state index contributed by atoms with van der Waals surface area (Å²) < 4.78 is 0. The van der Waals surface area contributed by atoms with E-state index in [1.807, 2.05) is 31.2 Å². The number of Topliss-reactive ketones (excluding diaryl/α,β-unsaturated/α-hetero) is 1. The Morgan fingerprint density at radius 3 is 2.47 bits per heavy atom. The van der Waals surface area contributed by atoms with E-state index in [0.29, 0.717) is 25.7 Å². The van der Waals surface area contributed by atoms with E-state index in [1.54, 1.807) is 6.08 Å². The van der Waals surface area contributed by atoms with Gasteiger partial charge in [0.2, 0.25) is 6.08 Å². The fourth-order valence-electron chi connectivity index (χ4n) is 2.57. The highest BCUT2D eigenvalue weighted by molar-refractivity contribution is 5.79. The van der Waals surface area contributed by atoms with Crippen LogP contribution in [0, 0.1) is 6.92 Å². The number of nitrogens with zero attached hydrogens (tertiary/aromatic N) is 1. The molecule has 0 atom stereocenters. The summed E-state index contributed by atoms with van der Waals surface area (Å²) in [6.45, 7) is 2.01. The summed E-state index contributed by atoms with van der Waals surface area (Å²) in [7, 11) is 0. The predicted molar refractivity (Wildman–Crippen MR) is 64.5 cm³/mol. The maximum Gasteiger partial charge on any atom is 0.235 e. The van der Waals surface area contributed by atoms with E-state index in [2.05, 4.69) is 4.99 Å². The Balaban J connectivity index is 2.45. The first-order chi connectivity index (χ1) is 8.18. The third-order valence-electron chi connectivity index (χ3n) is 3.54. The summed E-state index contributed by atoms with van der Waals surface area (Å²) in [5.74, 6) is 0.260. The molecule has 1 aliphatic carbocycles. The number of isocyanates is 1. The number of benzene rings is 1. The van der Waals surface area contributed by atoms with Gasteiger partial charge in [-0.05, 0) is 30.9 Å². The molecule has 3 heteroatoms. The second kappa shape index (κ2) is 4.64. The molecule has 88 valence electrons. The van der Waals surface area contributed by atoms with Gasteiger partial charge in [0.25, 0.3) is 0 Å². The molecule has 1 aliphatic rings. The molecule has 3 nitrogen and oxygen atoms in total. The highest BCUT2D eigenvalue weighted by Crippen LogP contribution is 2.40. The van der Waals surface area contributed by atoms with Gasteiger partial charge in [-0.2, -0.15) is 4.99 Å². The predicted octanol–water partition coefficient (Wildman–Crippen LogP) is 2.67. The Morgan fingerprint density at radius 2 is 1.88 bits per heavy atom. The van der Waals surface area contributed by atoms with Crippen molar-refractivity contribution in [1.82, 2.24) is 0 Å². The van der Waals surface area contributed by atoms with Gasteiger partial charge < -0.3 is 0 Å². The van der Waals surface area contributed by atoms with Gasteiger partial charge in [-0.25, -0.2) is 4.79 Å². The number of aryl methyl sites for hydroxylation is 1. The first kappa shape index (κ1) is 11.7. The first-order valence-corrected chi connectivity index (χ1v) is 5.85.